The third-order valence-corrected chi connectivity index (χ3v) is 4.14. The number of benzene rings is 1. The van der Waals surface area contributed by atoms with Crippen LogP contribution in [0.3, 0.4) is 0 Å². The molecule has 142 valence electrons. The van der Waals surface area contributed by atoms with Crippen LogP contribution >= 0.6 is 0 Å². The van der Waals surface area contributed by atoms with E-state index in [1.165, 1.54) is 32.4 Å². The number of pyridine rings is 1. The normalized spacial score (nSPS) is 13.0. The van der Waals surface area contributed by atoms with Crippen LogP contribution in [0, 0.1) is 11.7 Å². The fourth-order valence-electron chi connectivity index (χ4n) is 2.62. The van der Waals surface area contributed by atoms with Crippen molar-refractivity contribution in [3.63, 3.8) is 0 Å². The van der Waals surface area contributed by atoms with E-state index in [0.717, 1.165) is 12.8 Å². The molecule has 2 aromatic rings. The van der Waals surface area contributed by atoms with Crippen molar-refractivity contribution in [3.05, 3.63) is 35.6 Å². The molecule has 0 aliphatic heterocycles. The number of methoxy groups -OCH3 is 1. The Hall–Kier alpha value is -3.36. The fourth-order valence-corrected chi connectivity index (χ4v) is 2.62. The average Bonchev–Trinajstić information content (AvgIpc) is 3.46. The van der Waals surface area contributed by atoms with E-state index < -0.39 is 11.7 Å². The van der Waals surface area contributed by atoms with Gasteiger partial charge in [0.05, 0.1) is 18.5 Å². The minimum absolute atomic E-state index is 0.0145. The highest BCUT2D eigenvalue weighted by Crippen LogP contribution is 2.34. The number of ether oxygens (including phenoxy) is 1. The first-order valence-corrected chi connectivity index (χ1v) is 8.37. The van der Waals surface area contributed by atoms with Gasteiger partial charge in [0.25, 0.3) is 5.91 Å². The van der Waals surface area contributed by atoms with Gasteiger partial charge in [-0.1, -0.05) is 6.07 Å². The second-order valence-electron chi connectivity index (χ2n) is 6.10. The summed E-state index contributed by atoms with van der Waals surface area (Å²) in [6, 6.07) is 5.83. The molecular weight excluding hydrogens is 353 g/mol. The largest absolute Gasteiger partial charge is 0.492 e. The van der Waals surface area contributed by atoms with Gasteiger partial charge in [-0.2, -0.15) is 0 Å². The van der Waals surface area contributed by atoms with Crippen LogP contribution in [0.5, 0.6) is 5.75 Å². The molecule has 0 unspecified atom stereocenters. The number of para-hydroxylation sites is 1. The first kappa shape index (κ1) is 18.4. The van der Waals surface area contributed by atoms with Crippen LogP contribution in [-0.4, -0.2) is 31.0 Å². The van der Waals surface area contributed by atoms with Gasteiger partial charge in [-0.25, -0.2) is 9.37 Å². The van der Waals surface area contributed by atoms with Crippen LogP contribution < -0.4 is 26.4 Å². The Kier molecular flexibility index (Phi) is 5.11. The number of nitrogens with two attached hydrogens (primary N) is 1. The Morgan fingerprint density at radius 2 is 2.04 bits per heavy atom. The van der Waals surface area contributed by atoms with E-state index in [2.05, 4.69) is 20.9 Å². The van der Waals surface area contributed by atoms with Gasteiger partial charge in [0.2, 0.25) is 5.91 Å². The van der Waals surface area contributed by atoms with E-state index in [1.54, 1.807) is 6.07 Å². The molecule has 2 amide bonds. The number of nitrogens with zero attached hydrogens (tertiary/aromatic N) is 1. The van der Waals surface area contributed by atoms with E-state index in [1.807, 2.05) is 0 Å². The van der Waals surface area contributed by atoms with Gasteiger partial charge in [-0.05, 0) is 25.0 Å². The molecule has 1 heterocycles. The highest BCUT2D eigenvalue weighted by Gasteiger charge is 2.30. The van der Waals surface area contributed by atoms with Crippen molar-refractivity contribution in [2.75, 3.05) is 30.5 Å². The smallest absolute Gasteiger partial charge is 0.256 e. The van der Waals surface area contributed by atoms with Gasteiger partial charge < -0.3 is 26.4 Å². The van der Waals surface area contributed by atoms with Gasteiger partial charge in [0.15, 0.2) is 11.6 Å². The molecule has 0 spiro atoms. The molecular formula is C18H20FN5O3. The zero-order valence-corrected chi connectivity index (χ0v) is 14.9. The summed E-state index contributed by atoms with van der Waals surface area (Å²) < 4.78 is 19.1. The first-order chi connectivity index (χ1) is 12.9. The number of halogens is 1. The minimum Gasteiger partial charge on any atom is -0.492 e. The number of nitrogens with one attached hydrogen (secondary N) is 3. The monoisotopic (exact) mass is 373 g/mol. The summed E-state index contributed by atoms with van der Waals surface area (Å²) in [5.74, 6) is -1.09. The third kappa shape index (κ3) is 3.91. The van der Waals surface area contributed by atoms with E-state index in [0.29, 0.717) is 5.69 Å². The lowest BCUT2D eigenvalue weighted by atomic mass is 10.1. The molecule has 1 aliphatic rings. The molecule has 5 N–H and O–H groups in total. The quantitative estimate of drug-likeness (QED) is 0.617. The highest BCUT2D eigenvalue weighted by atomic mass is 19.1. The molecule has 1 saturated carbocycles. The lowest BCUT2D eigenvalue weighted by Gasteiger charge is -2.17. The maximum atomic E-state index is 14.0. The molecule has 27 heavy (non-hydrogen) atoms. The number of hydrogen-bond acceptors (Lipinski definition) is 6. The maximum Gasteiger partial charge on any atom is 0.256 e. The van der Waals surface area contributed by atoms with Crippen molar-refractivity contribution < 1.29 is 18.7 Å². The van der Waals surface area contributed by atoms with E-state index in [-0.39, 0.29) is 40.5 Å². The zero-order valence-electron chi connectivity index (χ0n) is 14.9. The Morgan fingerprint density at radius 3 is 2.67 bits per heavy atom. The summed E-state index contributed by atoms with van der Waals surface area (Å²) in [5, 5.41) is 8.12. The lowest BCUT2D eigenvalue weighted by molar-refractivity contribution is -0.117. The standard InChI is InChI=1S/C18H20FN5O3/c1-21-18(26)14-12(22-11-5-3-4-10(19)15(11)27-2)8-13(23-16(14)20)24-17(25)9-6-7-9/h3-5,8-9H,6-7H2,1-2H3,(H,21,26)(H4,20,22,23,24,25). The van der Waals surface area contributed by atoms with E-state index >= 15 is 0 Å². The number of rotatable bonds is 6. The molecule has 1 aromatic heterocycles. The molecule has 1 fully saturated rings. The topological polar surface area (TPSA) is 118 Å². The summed E-state index contributed by atoms with van der Waals surface area (Å²) in [5.41, 5.74) is 6.59. The highest BCUT2D eigenvalue weighted by molar-refractivity contribution is 6.05. The van der Waals surface area contributed by atoms with Crippen molar-refractivity contribution >= 4 is 34.8 Å². The number of nitrogen functional groups attached to an aromatic ring is 1. The molecule has 9 heteroatoms. The number of aromatic nitrogens is 1. The number of carbonyl (C=O) groups is 2. The molecule has 0 atom stereocenters. The SMILES string of the molecule is CNC(=O)c1c(Nc2cccc(F)c2OC)cc(NC(=O)C2CC2)nc1N. The van der Waals surface area contributed by atoms with Crippen molar-refractivity contribution in [2.45, 2.75) is 12.8 Å². The predicted molar refractivity (Wildman–Crippen MR) is 99.6 cm³/mol. The molecule has 1 aromatic carbocycles. The average molecular weight is 373 g/mol. The van der Waals surface area contributed by atoms with Crippen molar-refractivity contribution in [1.29, 1.82) is 0 Å². The summed E-state index contributed by atoms with van der Waals surface area (Å²) in [7, 11) is 2.79. The second kappa shape index (κ2) is 7.48. The van der Waals surface area contributed by atoms with E-state index in [4.69, 9.17) is 10.5 Å². The van der Waals surface area contributed by atoms with Gasteiger partial charge in [-0.15, -0.1) is 0 Å². The van der Waals surface area contributed by atoms with Crippen LogP contribution in [0.1, 0.15) is 23.2 Å². The predicted octanol–water partition coefficient (Wildman–Crippen LogP) is 2.26. The summed E-state index contributed by atoms with van der Waals surface area (Å²) in [4.78, 5) is 28.4. The molecule has 0 saturated heterocycles. The summed E-state index contributed by atoms with van der Waals surface area (Å²) >= 11 is 0. The van der Waals surface area contributed by atoms with Crippen LogP contribution in [0.25, 0.3) is 0 Å². The zero-order chi connectivity index (χ0) is 19.6. The van der Waals surface area contributed by atoms with Gasteiger partial charge >= 0.3 is 0 Å². The van der Waals surface area contributed by atoms with Crippen molar-refractivity contribution in [3.8, 4) is 5.75 Å². The molecule has 0 bridgehead atoms. The van der Waals surface area contributed by atoms with Crippen LogP contribution in [0.15, 0.2) is 24.3 Å². The van der Waals surface area contributed by atoms with Crippen LogP contribution in [0.2, 0.25) is 0 Å². The Morgan fingerprint density at radius 1 is 1.30 bits per heavy atom. The Labute approximate surface area is 155 Å². The fraction of sp³-hybridized carbons (Fsp3) is 0.278. The maximum absolute atomic E-state index is 14.0. The summed E-state index contributed by atoms with van der Waals surface area (Å²) in [6.45, 7) is 0. The number of hydrogen-bond donors (Lipinski definition) is 4. The number of carbonyl (C=O) groups excluding carboxylic acids is 2. The lowest BCUT2D eigenvalue weighted by Crippen LogP contribution is -2.22. The minimum atomic E-state index is -0.562. The van der Waals surface area contributed by atoms with Crippen LogP contribution in [-0.2, 0) is 4.79 Å². The molecule has 8 nitrogen and oxygen atoms in total. The number of amides is 2. The van der Waals surface area contributed by atoms with E-state index in [9.17, 15) is 14.0 Å². The van der Waals surface area contributed by atoms with Crippen molar-refractivity contribution in [1.82, 2.24) is 10.3 Å². The molecule has 1 aliphatic carbocycles. The third-order valence-electron chi connectivity index (χ3n) is 4.14. The molecule has 0 radical (unpaired) electrons. The van der Waals surface area contributed by atoms with Gasteiger partial charge in [0.1, 0.15) is 17.2 Å². The van der Waals surface area contributed by atoms with Gasteiger partial charge in [0, 0.05) is 19.0 Å². The van der Waals surface area contributed by atoms with Crippen molar-refractivity contribution in [2.24, 2.45) is 5.92 Å². The summed E-state index contributed by atoms with van der Waals surface area (Å²) in [6.07, 6.45) is 1.67. The Bertz CT molecular complexity index is 899. The molecule has 3 rings (SSSR count). The number of anilines is 4. The Balaban J connectivity index is 2.02. The van der Waals surface area contributed by atoms with Crippen LogP contribution in [0.4, 0.5) is 27.4 Å². The second-order valence-corrected chi connectivity index (χ2v) is 6.10. The first-order valence-electron chi connectivity index (χ1n) is 8.37. The van der Waals surface area contributed by atoms with Gasteiger partial charge in [-0.3, -0.25) is 9.59 Å².